The molecular formula is C12H13BrFNO. The number of hydrogen-bond acceptors (Lipinski definition) is 1. The summed E-state index contributed by atoms with van der Waals surface area (Å²) in [5.74, 6) is -0.118. The Bertz CT molecular complexity index is 408. The van der Waals surface area contributed by atoms with Crippen molar-refractivity contribution in [3.05, 3.63) is 34.1 Å². The van der Waals surface area contributed by atoms with Crippen LogP contribution >= 0.6 is 15.9 Å². The van der Waals surface area contributed by atoms with Gasteiger partial charge in [0.2, 0.25) is 5.91 Å². The van der Waals surface area contributed by atoms with Crippen molar-refractivity contribution in [1.82, 2.24) is 4.90 Å². The molecule has 1 saturated heterocycles. The number of benzene rings is 1. The maximum atomic E-state index is 13.5. The van der Waals surface area contributed by atoms with Gasteiger partial charge in [-0.3, -0.25) is 4.79 Å². The average molecular weight is 286 g/mol. The maximum absolute atomic E-state index is 13.5. The molecular weight excluding hydrogens is 273 g/mol. The van der Waals surface area contributed by atoms with Gasteiger partial charge in [0.25, 0.3) is 0 Å². The molecule has 0 radical (unpaired) electrons. The highest BCUT2D eigenvalue weighted by Gasteiger charge is 2.19. The first-order valence-electron chi connectivity index (χ1n) is 5.38. The number of halogens is 2. The number of piperidine rings is 1. The minimum absolute atomic E-state index is 0.130. The maximum Gasteiger partial charge on any atom is 0.222 e. The van der Waals surface area contributed by atoms with E-state index in [0.29, 0.717) is 18.5 Å². The molecule has 16 heavy (non-hydrogen) atoms. The number of likely N-dealkylation sites (tertiary alicyclic amines) is 1. The smallest absolute Gasteiger partial charge is 0.222 e. The second-order valence-corrected chi connectivity index (χ2v) is 4.92. The molecule has 0 unspecified atom stereocenters. The highest BCUT2D eigenvalue weighted by atomic mass is 79.9. The van der Waals surface area contributed by atoms with Gasteiger partial charge >= 0.3 is 0 Å². The molecule has 1 fully saturated rings. The van der Waals surface area contributed by atoms with Crippen LogP contribution in [0.1, 0.15) is 24.8 Å². The zero-order chi connectivity index (χ0) is 11.5. The summed E-state index contributed by atoms with van der Waals surface area (Å²) in [7, 11) is 0. The van der Waals surface area contributed by atoms with Crippen LogP contribution in [0, 0.1) is 5.82 Å². The average Bonchev–Trinajstić information content (AvgIpc) is 2.27. The molecule has 0 spiro atoms. The van der Waals surface area contributed by atoms with Crippen LogP contribution in [0.5, 0.6) is 0 Å². The van der Waals surface area contributed by atoms with E-state index in [1.54, 1.807) is 17.0 Å². The molecule has 0 N–H and O–H groups in total. The SMILES string of the molecule is O=C1CCCCN1Cc1cc(Br)ccc1F. The lowest BCUT2D eigenvalue weighted by atomic mass is 10.1. The first-order chi connectivity index (χ1) is 7.66. The van der Waals surface area contributed by atoms with Gasteiger partial charge in [0, 0.05) is 29.5 Å². The Balaban J connectivity index is 2.13. The molecule has 1 aliphatic heterocycles. The van der Waals surface area contributed by atoms with E-state index < -0.39 is 0 Å². The van der Waals surface area contributed by atoms with E-state index in [0.717, 1.165) is 23.9 Å². The Kier molecular flexibility index (Phi) is 3.59. The largest absolute Gasteiger partial charge is 0.338 e. The lowest BCUT2D eigenvalue weighted by Crippen LogP contribution is -2.34. The molecule has 1 amide bonds. The van der Waals surface area contributed by atoms with Crippen LogP contribution < -0.4 is 0 Å². The summed E-state index contributed by atoms with van der Waals surface area (Å²) in [6, 6.07) is 4.82. The van der Waals surface area contributed by atoms with Gasteiger partial charge in [-0.1, -0.05) is 15.9 Å². The summed E-state index contributed by atoms with van der Waals surface area (Å²) >= 11 is 3.31. The third-order valence-electron chi connectivity index (χ3n) is 2.79. The molecule has 1 aromatic carbocycles. The lowest BCUT2D eigenvalue weighted by Gasteiger charge is -2.26. The fraction of sp³-hybridized carbons (Fsp3) is 0.417. The molecule has 1 heterocycles. The molecule has 0 bridgehead atoms. The van der Waals surface area contributed by atoms with Gasteiger partial charge in [-0.05, 0) is 31.0 Å². The number of amides is 1. The molecule has 0 aromatic heterocycles. The predicted molar refractivity (Wildman–Crippen MR) is 63.4 cm³/mol. The summed E-state index contributed by atoms with van der Waals surface area (Å²) in [4.78, 5) is 13.3. The fourth-order valence-electron chi connectivity index (χ4n) is 1.90. The normalized spacial score (nSPS) is 16.6. The van der Waals surface area contributed by atoms with E-state index in [9.17, 15) is 9.18 Å². The highest BCUT2D eigenvalue weighted by molar-refractivity contribution is 9.10. The van der Waals surface area contributed by atoms with Gasteiger partial charge < -0.3 is 4.90 Å². The van der Waals surface area contributed by atoms with Crippen molar-refractivity contribution in [1.29, 1.82) is 0 Å². The van der Waals surface area contributed by atoms with Gasteiger partial charge in [-0.15, -0.1) is 0 Å². The first-order valence-corrected chi connectivity index (χ1v) is 6.18. The number of nitrogens with zero attached hydrogens (tertiary/aromatic N) is 1. The van der Waals surface area contributed by atoms with Crippen molar-refractivity contribution >= 4 is 21.8 Å². The zero-order valence-electron chi connectivity index (χ0n) is 8.88. The van der Waals surface area contributed by atoms with E-state index in [1.807, 2.05) is 0 Å². The zero-order valence-corrected chi connectivity index (χ0v) is 10.5. The third kappa shape index (κ3) is 2.61. The lowest BCUT2D eigenvalue weighted by molar-refractivity contribution is -0.133. The van der Waals surface area contributed by atoms with Crippen LogP contribution in [0.25, 0.3) is 0 Å². The molecule has 4 heteroatoms. The fourth-order valence-corrected chi connectivity index (χ4v) is 2.31. The van der Waals surface area contributed by atoms with Gasteiger partial charge in [0.1, 0.15) is 5.82 Å². The molecule has 86 valence electrons. The molecule has 2 nitrogen and oxygen atoms in total. The minimum Gasteiger partial charge on any atom is -0.338 e. The summed E-state index contributed by atoms with van der Waals surface area (Å²) in [5.41, 5.74) is 0.574. The molecule has 2 rings (SSSR count). The van der Waals surface area contributed by atoms with Crippen molar-refractivity contribution in [2.75, 3.05) is 6.54 Å². The quantitative estimate of drug-likeness (QED) is 0.818. The number of hydrogen-bond donors (Lipinski definition) is 0. The Labute approximate surface area is 103 Å². The number of carbonyl (C=O) groups is 1. The van der Waals surface area contributed by atoms with E-state index in [2.05, 4.69) is 15.9 Å². The Morgan fingerprint density at radius 3 is 2.94 bits per heavy atom. The standard InChI is InChI=1S/C12H13BrFNO/c13-10-4-5-11(14)9(7-10)8-15-6-2-1-3-12(15)16/h4-5,7H,1-3,6,8H2. The Hall–Kier alpha value is -0.900. The van der Waals surface area contributed by atoms with Crippen molar-refractivity contribution in [3.63, 3.8) is 0 Å². The first kappa shape index (κ1) is 11.6. The molecule has 0 saturated carbocycles. The molecule has 1 aromatic rings. The van der Waals surface area contributed by atoms with Crippen molar-refractivity contribution in [2.24, 2.45) is 0 Å². The third-order valence-corrected chi connectivity index (χ3v) is 3.28. The van der Waals surface area contributed by atoms with E-state index >= 15 is 0 Å². The molecule has 0 aliphatic carbocycles. The number of rotatable bonds is 2. The van der Waals surface area contributed by atoms with Gasteiger partial charge in [0.05, 0.1) is 0 Å². The van der Waals surface area contributed by atoms with Crippen LogP contribution in [-0.4, -0.2) is 17.4 Å². The summed E-state index contributed by atoms with van der Waals surface area (Å²) < 4.78 is 14.3. The van der Waals surface area contributed by atoms with E-state index in [4.69, 9.17) is 0 Å². The van der Waals surface area contributed by atoms with E-state index in [1.165, 1.54) is 6.07 Å². The van der Waals surface area contributed by atoms with Crippen LogP contribution in [-0.2, 0) is 11.3 Å². The Morgan fingerprint density at radius 2 is 2.19 bits per heavy atom. The van der Waals surface area contributed by atoms with Crippen molar-refractivity contribution < 1.29 is 9.18 Å². The number of carbonyl (C=O) groups excluding carboxylic acids is 1. The van der Waals surface area contributed by atoms with E-state index in [-0.39, 0.29) is 11.7 Å². The van der Waals surface area contributed by atoms with Crippen molar-refractivity contribution in [2.45, 2.75) is 25.8 Å². The van der Waals surface area contributed by atoms with Gasteiger partial charge in [-0.25, -0.2) is 4.39 Å². The Morgan fingerprint density at radius 1 is 1.38 bits per heavy atom. The van der Waals surface area contributed by atoms with Crippen LogP contribution in [0.15, 0.2) is 22.7 Å². The monoisotopic (exact) mass is 285 g/mol. The topological polar surface area (TPSA) is 20.3 Å². The van der Waals surface area contributed by atoms with Gasteiger partial charge in [0.15, 0.2) is 0 Å². The molecule has 0 atom stereocenters. The highest BCUT2D eigenvalue weighted by Crippen LogP contribution is 2.19. The second-order valence-electron chi connectivity index (χ2n) is 4.01. The van der Waals surface area contributed by atoms with Crippen molar-refractivity contribution in [3.8, 4) is 0 Å². The summed E-state index contributed by atoms with van der Waals surface area (Å²) in [6.07, 6.45) is 2.56. The summed E-state index contributed by atoms with van der Waals surface area (Å²) in [5, 5.41) is 0. The summed E-state index contributed by atoms with van der Waals surface area (Å²) in [6.45, 7) is 1.12. The molecule has 1 aliphatic rings. The minimum atomic E-state index is -0.249. The van der Waals surface area contributed by atoms with Crippen LogP contribution in [0.2, 0.25) is 0 Å². The predicted octanol–water partition coefficient (Wildman–Crippen LogP) is 3.10. The van der Waals surface area contributed by atoms with Crippen LogP contribution in [0.4, 0.5) is 4.39 Å². The van der Waals surface area contributed by atoms with Gasteiger partial charge in [-0.2, -0.15) is 0 Å². The van der Waals surface area contributed by atoms with Crippen LogP contribution in [0.3, 0.4) is 0 Å². The second kappa shape index (κ2) is 4.95.